The van der Waals surface area contributed by atoms with Crippen LogP contribution in [0.1, 0.15) is 23.3 Å². The van der Waals surface area contributed by atoms with Gasteiger partial charge in [0.15, 0.2) is 5.65 Å². The molecule has 5 rings (SSSR count). The van der Waals surface area contributed by atoms with Crippen molar-refractivity contribution >= 4 is 43.9 Å². The average Bonchev–Trinajstić information content (AvgIpc) is 3.29. The van der Waals surface area contributed by atoms with E-state index in [4.69, 9.17) is 16.3 Å². The van der Waals surface area contributed by atoms with Crippen LogP contribution in [0.2, 0.25) is 5.15 Å². The number of pyridine rings is 1. The lowest BCUT2D eigenvalue weighted by molar-refractivity contribution is 0.0585. The van der Waals surface area contributed by atoms with E-state index in [1.54, 1.807) is 52.4 Å². The molecule has 4 heterocycles. The molecule has 4 aromatic rings. The number of hydrogen-bond acceptors (Lipinski definition) is 7. The SMILES string of the molecule is C=S(C)(=O)c1ccc(-n2ncc3c(OC4CCN(C(=O)c5cccc(Cl)n5)CC4)ncnc32)cc1. The molecule has 1 amide bonds. The normalized spacial score (nSPS) is 16.2. The molecule has 0 aliphatic carbocycles. The van der Waals surface area contributed by atoms with Crippen LogP contribution in [0.25, 0.3) is 16.7 Å². The van der Waals surface area contributed by atoms with Crippen LogP contribution in [0.5, 0.6) is 5.88 Å². The van der Waals surface area contributed by atoms with Crippen molar-refractivity contribution in [3.05, 3.63) is 65.8 Å². The molecule has 180 valence electrons. The van der Waals surface area contributed by atoms with Crippen LogP contribution < -0.4 is 4.74 Å². The van der Waals surface area contributed by atoms with Crippen LogP contribution in [0, 0.1) is 0 Å². The highest BCUT2D eigenvalue weighted by molar-refractivity contribution is 7.99. The molecule has 9 nitrogen and oxygen atoms in total. The largest absolute Gasteiger partial charge is 0.474 e. The molecule has 1 saturated heterocycles. The van der Waals surface area contributed by atoms with Crippen molar-refractivity contribution in [2.75, 3.05) is 19.3 Å². The fourth-order valence-corrected chi connectivity index (χ4v) is 4.88. The monoisotopic (exact) mass is 510 g/mol. The van der Waals surface area contributed by atoms with Crippen LogP contribution >= 0.6 is 11.6 Å². The lowest BCUT2D eigenvalue weighted by Crippen LogP contribution is -2.42. The fraction of sp³-hybridized carbons (Fsp3) is 0.250. The number of carbonyl (C=O) groups excluding carboxylic acids is 1. The lowest BCUT2D eigenvalue weighted by Gasteiger charge is -2.31. The van der Waals surface area contributed by atoms with Gasteiger partial charge in [-0.3, -0.25) is 9.00 Å². The first-order chi connectivity index (χ1) is 16.8. The molecule has 1 aliphatic rings. The zero-order valence-corrected chi connectivity index (χ0v) is 20.6. The highest BCUT2D eigenvalue weighted by Gasteiger charge is 2.26. The van der Waals surface area contributed by atoms with Gasteiger partial charge in [0.05, 0.1) is 11.9 Å². The molecule has 0 radical (unpaired) electrons. The van der Waals surface area contributed by atoms with E-state index in [1.807, 2.05) is 12.1 Å². The van der Waals surface area contributed by atoms with Crippen molar-refractivity contribution in [3.8, 4) is 11.6 Å². The van der Waals surface area contributed by atoms with Gasteiger partial charge in [0.25, 0.3) is 5.91 Å². The van der Waals surface area contributed by atoms with Gasteiger partial charge in [-0.05, 0) is 51.8 Å². The summed E-state index contributed by atoms with van der Waals surface area (Å²) in [4.78, 5) is 28.0. The van der Waals surface area contributed by atoms with E-state index < -0.39 is 9.52 Å². The van der Waals surface area contributed by atoms with Gasteiger partial charge in [-0.25, -0.2) is 19.6 Å². The summed E-state index contributed by atoms with van der Waals surface area (Å²) in [6.07, 6.45) is 5.96. The Hall–Kier alpha value is -3.50. The number of aromatic nitrogens is 5. The van der Waals surface area contributed by atoms with Crippen LogP contribution in [-0.4, -0.2) is 71.1 Å². The summed E-state index contributed by atoms with van der Waals surface area (Å²) in [7, 11) is -2.29. The summed E-state index contributed by atoms with van der Waals surface area (Å²) in [5, 5.41) is 5.45. The Labute approximate surface area is 207 Å². The predicted molar refractivity (Wildman–Crippen MR) is 135 cm³/mol. The van der Waals surface area contributed by atoms with Crippen molar-refractivity contribution in [1.82, 2.24) is 29.6 Å². The van der Waals surface area contributed by atoms with Crippen molar-refractivity contribution < 1.29 is 13.7 Å². The van der Waals surface area contributed by atoms with Crippen molar-refractivity contribution in [3.63, 3.8) is 0 Å². The summed E-state index contributed by atoms with van der Waals surface area (Å²) in [5.74, 6) is 4.04. The Morgan fingerprint density at radius 2 is 1.89 bits per heavy atom. The van der Waals surface area contributed by atoms with Crippen LogP contribution in [0.3, 0.4) is 0 Å². The molecule has 1 atom stereocenters. The number of carbonyl (C=O) groups is 1. The Bertz CT molecular complexity index is 1500. The van der Waals surface area contributed by atoms with Crippen molar-refractivity contribution in [1.29, 1.82) is 0 Å². The van der Waals surface area contributed by atoms with Gasteiger partial charge >= 0.3 is 0 Å². The van der Waals surface area contributed by atoms with Crippen LogP contribution in [0.15, 0.2) is 59.9 Å². The van der Waals surface area contributed by atoms with E-state index in [2.05, 4.69) is 25.9 Å². The molecule has 1 unspecified atom stereocenters. The van der Waals surface area contributed by atoms with E-state index >= 15 is 0 Å². The average molecular weight is 511 g/mol. The minimum Gasteiger partial charge on any atom is -0.474 e. The first kappa shape index (κ1) is 23.3. The predicted octanol–water partition coefficient (Wildman–Crippen LogP) is 3.25. The topological polar surface area (TPSA) is 103 Å². The Balaban J connectivity index is 1.29. The smallest absolute Gasteiger partial charge is 0.272 e. The minimum atomic E-state index is -2.29. The van der Waals surface area contributed by atoms with Gasteiger partial charge in [-0.1, -0.05) is 17.7 Å². The summed E-state index contributed by atoms with van der Waals surface area (Å²) < 4.78 is 20.1. The van der Waals surface area contributed by atoms with Crippen LogP contribution in [-0.2, 0) is 9.52 Å². The first-order valence-electron chi connectivity index (χ1n) is 11.0. The number of piperidine rings is 1. The second-order valence-corrected chi connectivity index (χ2v) is 11.3. The second kappa shape index (κ2) is 9.27. The zero-order chi connectivity index (χ0) is 24.6. The second-order valence-electron chi connectivity index (χ2n) is 8.43. The maximum Gasteiger partial charge on any atom is 0.272 e. The van der Waals surface area contributed by atoms with Crippen LogP contribution in [0.4, 0.5) is 0 Å². The molecule has 11 heteroatoms. The molecule has 0 spiro atoms. The number of hydrogen-bond donors (Lipinski definition) is 0. The Kier molecular flexibility index (Phi) is 6.16. The summed E-state index contributed by atoms with van der Waals surface area (Å²) in [5.41, 5.74) is 1.72. The highest BCUT2D eigenvalue weighted by Crippen LogP contribution is 2.27. The molecule has 0 saturated carbocycles. The van der Waals surface area contributed by atoms with Gasteiger partial charge in [0.2, 0.25) is 5.88 Å². The molecule has 0 bridgehead atoms. The zero-order valence-electron chi connectivity index (χ0n) is 19.0. The van der Waals surface area contributed by atoms with E-state index in [0.29, 0.717) is 58.6 Å². The van der Waals surface area contributed by atoms with E-state index in [0.717, 1.165) is 5.69 Å². The molecular weight excluding hydrogens is 488 g/mol. The quantitative estimate of drug-likeness (QED) is 0.300. The summed E-state index contributed by atoms with van der Waals surface area (Å²) >= 11 is 5.92. The van der Waals surface area contributed by atoms with E-state index in [-0.39, 0.29) is 12.0 Å². The van der Waals surface area contributed by atoms with Crippen molar-refractivity contribution in [2.24, 2.45) is 0 Å². The van der Waals surface area contributed by atoms with E-state index in [1.165, 1.54) is 6.33 Å². The molecule has 1 aromatic carbocycles. The third-order valence-electron chi connectivity index (χ3n) is 5.85. The number of amides is 1. The third kappa shape index (κ3) is 4.85. The standard InChI is InChI=1S/C24H23ClN6O3S/c1-35(2,33)18-8-6-16(7-9-18)31-22-19(14-28-31)23(27-15-26-22)34-17-10-12-30(13-11-17)24(32)20-4-3-5-21(25)29-20/h3-9,14-15,17H,1,10-13H2,2H3. The number of rotatable bonds is 5. The number of likely N-dealkylation sites (tertiary alicyclic amines) is 1. The van der Waals surface area contributed by atoms with Gasteiger partial charge in [-0.2, -0.15) is 5.10 Å². The first-order valence-corrected chi connectivity index (χ1v) is 13.5. The van der Waals surface area contributed by atoms with Gasteiger partial charge in [0.1, 0.15) is 28.7 Å². The van der Waals surface area contributed by atoms with Crippen molar-refractivity contribution in [2.45, 2.75) is 23.8 Å². The minimum absolute atomic E-state index is 0.0955. The number of nitrogens with zero attached hydrogens (tertiary/aromatic N) is 6. The van der Waals surface area contributed by atoms with Gasteiger partial charge in [-0.15, -0.1) is 0 Å². The number of ether oxygens (including phenoxy) is 1. The maximum atomic E-state index is 12.7. The molecule has 35 heavy (non-hydrogen) atoms. The number of fused-ring (bicyclic) bond motifs is 1. The summed E-state index contributed by atoms with van der Waals surface area (Å²) in [6, 6.07) is 12.3. The molecule has 1 aliphatic heterocycles. The molecule has 1 fully saturated rings. The maximum absolute atomic E-state index is 12.7. The molecule has 3 aromatic heterocycles. The third-order valence-corrected chi connectivity index (χ3v) is 7.33. The number of benzene rings is 1. The summed E-state index contributed by atoms with van der Waals surface area (Å²) in [6.45, 7) is 1.09. The number of halogens is 1. The highest BCUT2D eigenvalue weighted by atomic mass is 35.5. The van der Waals surface area contributed by atoms with E-state index in [9.17, 15) is 9.00 Å². The Morgan fingerprint density at radius 3 is 2.57 bits per heavy atom. The lowest BCUT2D eigenvalue weighted by atomic mass is 10.1. The molecule has 0 N–H and O–H groups in total. The molecular formula is C24H23ClN6O3S. The Morgan fingerprint density at radius 1 is 1.14 bits per heavy atom. The fourth-order valence-electron chi connectivity index (χ4n) is 4.00. The van der Waals surface area contributed by atoms with Gasteiger partial charge < -0.3 is 9.64 Å². The van der Waals surface area contributed by atoms with Gasteiger partial charge in [0, 0.05) is 37.1 Å².